The van der Waals surface area contributed by atoms with Gasteiger partial charge in [-0.2, -0.15) is 4.68 Å². The lowest BCUT2D eigenvalue weighted by Gasteiger charge is -2.15. The first-order valence-corrected chi connectivity index (χ1v) is 8.92. The molecule has 0 saturated heterocycles. The van der Waals surface area contributed by atoms with Crippen LogP contribution in [0.2, 0.25) is 5.02 Å². The molecular formula is C19H19ClFN5O2. The standard InChI is InChI=1S/C19H19ClFN5O2/c1-11(10-28-3)22-19(27)14-6-13(17-5-4-15(20)9-18(17)21)7-16(8-14)26-12(2)23-24-25-26/h4-9,11H,10H2,1-3H3,(H,22,27)/t11-/m1/s1. The van der Waals surface area contributed by atoms with E-state index >= 15 is 0 Å². The summed E-state index contributed by atoms with van der Waals surface area (Å²) in [7, 11) is 1.56. The largest absolute Gasteiger partial charge is 0.383 e. The number of carbonyl (C=O) groups is 1. The number of tetrazole rings is 1. The van der Waals surface area contributed by atoms with Gasteiger partial charge in [0.1, 0.15) is 5.82 Å². The molecular weight excluding hydrogens is 385 g/mol. The molecule has 0 bridgehead atoms. The number of rotatable bonds is 6. The van der Waals surface area contributed by atoms with Crippen molar-refractivity contribution in [1.82, 2.24) is 25.5 Å². The van der Waals surface area contributed by atoms with Gasteiger partial charge in [-0.1, -0.05) is 11.6 Å². The molecule has 0 spiro atoms. The van der Waals surface area contributed by atoms with Gasteiger partial charge >= 0.3 is 0 Å². The minimum absolute atomic E-state index is 0.188. The number of nitrogens with one attached hydrogen (secondary N) is 1. The average molecular weight is 404 g/mol. The Kier molecular flexibility index (Phi) is 6.01. The number of hydrogen-bond donors (Lipinski definition) is 1. The lowest BCUT2D eigenvalue weighted by molar-refractivity contribution is 0.0905. The fourth-order valence-corrected chi connectivity index (χ4v) is 2.97. The maximum Gasteiger partial charge on any atom is 0.251 e. The predicted octanol–water partition coefficient (Wildman–Crippen LogP) is 3.19. The summed E-state index contributed by atoms with van der Waals surface area (Å²) in [5.41, 5.74) is 1.71. The number of methoxy groups -OCH3 is 1. The normalized spacial score (nSPS) is 12.0. The number of nitrogens with zero attached hydrogens (tertiary/aromatic N) is 4. The van der Waals surface area contributed by atoms with Gasteiger partial charge in [0.2, 0.25) is 0 Å². The SMILES string of the molecule is COC[C@@H](C)NC(=O)c1cc(-c2ccc(Cl)cc2F)cc(-n2nnnc2C)c1. The number of ether oxygens (including phenoxy) is 1. The number of carbonyl (C=O) groups excluding carboxylic acids is 1. The topological polar surface area (TPSA) is 81.9 Å². The van der Waals surface area contributed by atoms with Gasteiger partial charge in [0.15, 0.2) is 5.82 Å². The van der Waals surface area contributed by atoms with Crippen molar-refractivity contribution in [3.8, 4) is 16.8 Å². The molecule has 1 atom stereocenters. The fourth-order valence-electron chi connectivity index (χ4n) is 2.81. The first-order chi connectivity index (χ1) is 13.4. The minimum Gasteiger partial charge on any atom is -0.383 e. The van der Waals surface area contributed by atoms with Crippen molar-refractivity contribution in [3.63, 3.8) is 0 Å². The molecule has 146 valence electrons. The molecule has 28 heavy (non-hydrogen) atoms. The van der Waals surface area contributed by atoms with Crippen LogP contribution < -0.4 is 5.32 Å². The summed E-state index contributed by atoms with van der Waals surface area (Å²) in [6.45, 7) is 3.93. The van der Waals surface area contributed by atoms with Crippen LogP contribution in [-0.2, 0) is 4.74 Å². The molecule has 0 aliphatic rings. The van der Waals surface area contributed by atoms with Gasteiger partial charge in [-0.3, -0.25) is 4.79 Å². The zero-order chi connectivity index (χ0) is 20.3. The van der Waals surface area contributed by atoms with Crippen LogP contribution in [0.4, 0.5) is 4.39 Å². The summed E-state index contributed by atoms with van der Waals surface area (Å²) in [6, 6.07) is 9.18. The van der Waals surface area contributed by atoms with Crippen LogP contribution in [-0.4, -0.2) is 45.9 Å². The van der Waals surface area contributed by atoms with E-state index in [0.29, 0.717) is 39.8 Å². The van der Waals surface area contributed by atoms with Gasteiger partial charge in [0.25, 0.3) is 5.91 Å². The number of benzene rings is 2. The third-order valence-corrected chi connectivity index (χ3v) is 4.32. The lowest BCUT2D eigenvalue weighted by Crippen LogP contribution is -2.35. The molecule has 7 nitrogen and oxygen atoms in total. The van der Waals surface area contributed by atoms with E-state index in [9.17, 15) is 9.18 Å². The van der Waals surface area contributed by atoms with Gasteiger partial charge < -0.3 is 10.1 Å². The molecule has 1 amide bonds. The molecule has 0 aliphatic carbocycles. The molecule has 9 heteroatoms. The quantitative estimate of drug-likeness (QED) is 0.683. The van der Waals surface area contributed by atoms with E-state index in [-0.39, 0.29) is 11.9 Å². The van der Waals surface area contributed by atoms with E-state index in [1.165, 1.54) is 10.7 Å². The van der Waals surface area contributed by atoms with Gasteiger partial charge in [0.05, 0.1) is 12.3 Å². The monoisotopic (exact) mass is 403 g/mol. The molecule has 0 unspecified atom stereocenters. The second-order valence-corrected chi connectivity index (χ2v) is 6.80. The summed E-state index contributed by atoms with van der Waals surface area (Å²) in [5, 5.41) is 14.6. The molecule has 0 fully saturated rings. The summed E-state index contributed by atoms with van der Waals surface area (Å²) in [6.07, 6.45) is 0. The van der Waals surface area contributed by atoms with Crippen LogP contribution in [0.25, 0.3) is 16.8 Å². The molecule has 1 heterocycles. The van der Waals surface area contributed by atoms with Gasteiger partial charge in [-0.05, 0) is 66.2 Å². The van der Waals surface area contributed by atoms with Crippen LogP contribution in [0.15, 0.2) is 36.4 Å². The number of aromatic nitrogens is 4. The Hall–Kier alpha value is -2.84. The zero-order valence-electron chi connectivity index (χ0n) is 15.6. The Morgan fingerprint density at radius 1 is 1.32 bits per heavy atom. The third-order valence-electron chi connectivity index (χ3n) is 4.09. The van der Waals surface area contributed by atoms with E-state index in [1.54, 1.807) is 44.4 Å². The molecule has 0 aliphatic heterocycles. The van der Waals surface area contributed by atoms with E-state index in [2.05, 4.69) is 20.8 Å². The maximum atomic E-state index is 14.5. The Bertz CT molecular complexity index is 1010. The van der Waals surface area contributed by atoms with Crippen LogP contribution in [0.5, 0.6) is 0 Å². The van der Waals surface area contributed by atoms with Crippen LogP contribution in [0.1, 0.15) is 23.1 Å². The summed E-state index contributed by atoms with van der Waals surface area (Å²) < 4.78 is 21.0. The van der Waals surface area contributed by atoms with Crippen LogP contribution in [0, 0.1) is 12.7 Å². The molecule has 3 rings (SSSR count). The van der Waals surface area contributed by atoms with Crippen molar-refractivity contribution in [2.45, 2.75) is 19.9 Å². The van der Waals surface area contributed by atoms with Gasteiger partial charge in [-0.15, -0.1) is 5.10 Å². The van der Waals surface area contributed by atoms with Crippen molar-refractivity contribution in [1.29, 1.82) is 0 Å². The Morgan fingerprint density at radius 3 is 2.75 bits per heavy atom. The van der Waals surface area contributed by atoms with Gasteiger partial charge in [-0.25, -0.2) is 4.39 Å². The highest BCUT2D eigenvalue weighted by atomic mass is 35.5. The number of aryl methyl sites for hydroxylation is 1. The number of hydrogen-bond acceptors (Lipinski definition) is 5. The molecule has 1 aromatic heterocycles. The van der Waals surface area contributed by atoms with E-state index in [0.717, 1.165) is 0 Å². The summed E-state index contributed by atoms with van der Waals surface area (Å²) in [5.74, 6) is -0.266. The van der Waals surface area contributed by atoms with E-state index < -0.39 is 5.82 Å². The molecule has 2 aromatic carbocycles. The highest BCUT2D eigenvalue weighted by Gasteiger charge is 2.16. The maximum absolute atomic E-state index is 14.5. The van der Waals surface area contributed by atoms with E-state index in [1.807, 2.05) is 6.92 Å². The first kappa shape index (κ1) is 19.9. The first-order valence-electron chi connectivity index (χ1n) is 8.54. The average Bonchev–Trinajstić information content (AvgIpc) is 3.07. The molecule has 0 radical (unpaired) electrons. The highest BCUT2D eigenvalue weighted by Crippen LogP contribution is 2.28. The number of amides is 1. The van der Waals surface area contributed by atoms with Crippen molar-refractivity contribution in [3.05, 3.63) is 58.6 Å². The number of halogens is 2. The van der Waals surface area contributed by atoms with Crippen molar-refractivity contribution in [2.24, 2.45) is 0 Å². The Morgan fingerprint density at radius 2 is 2.11 bits per heavy atom. The Balaban J connectivity index is 2.09. The molecule has 0 saturated carbocycles. The second kappa shape index (κ2) is 8.45. The minimum atomic E-state index is -0.489. The zero-order valence-corrected chi connectivity index (χ0v) is 16.4. The van der Waals surface area contributed by atoms with Crippen LogP contribution >= 0.6 is 11.6 Å². The molecule has 3 aromatic rings. The van der Waals surface area contributed by atoms with E-state index in [4.69, 9.17) is 16.3 Å². The molecule has 1 N–H and O–H groups in total. The second-order valence-electron chi connectivity index (χ2n) is 6.36. The highest BCUT2D eigenvalue weighted by molar-refractivity contribution is 6.30. The van der Waals surface area contributed by atoms with Crippen molar-refractivity contribution < 1.29 is 13.9 Å². The lowest BCUT2D eigenvalue weighted by atomic mass is 10.0. The third kappa shape index (κ3) is 4.35. The predicted molar refractivity (Wildman–Crippen MR) is 103 cm³/mol. The smallest absolute Gasteiger partial charge is 0.251 e. The summed E-state index contributed by atoms with van der Waals surface area (Å²) in [4.78, 5) is 12.7. The Labute approximate surface area is 166 Å². The fraction of sp³-hybridized carbons (Fsp3) is 0.263. The van der Waals surface area contributed by atoms with Crippen molar-refractivity contribution in [2.75, 3.05) is 13.7 Å². The van der Waals surface area contributed by atoms with Crippen LogP contribution in [0.3, 0.4) is 0 Å². The summed E-state index contributed by atoms with van der Waals surface area (Å²) >= 11 is 5.86. The van der Waals surface area contributed by atoms with Gasteiger partial charge in [0, 0.05) is 29.3 Å². The van der Waals surface area contributed by atoms with Crippen molar-refractivity contribution >= 4 is 17.5 Å².